The molecule has 1 atom stereocenters. The van der Waals surface area contributed by atoms with Crippen LogP contribution in [-0.2, 0) is 19.1 Å². The molecule has 0 aliphatic carbocycles. The summed E-state index contributed by atoms with van der Waals surface area (Å²) in [5.74, 6) is -1.09. The van der Waals surface area contributed by atoms with Crippen LogP contribution in [0.3, 0.4) is 0 Å². The van der Waals surface area contributed by atoms with Gasteiger partial charge in [0.25, 0.3) is 0 Å². The van der Waals surface area contributed by atoms with Crippen LogP contribution >= 0.6 is 11.8 Å². The Morgan fingerprint density at radius 2 is 2.36 bits per heavy atom. The monoisotopic (exact) mass is 217 g/mol. The van der Waals surface area contributed by atoms with Crippen LogP contribution in [0, 0.1) is 0 Å². The molecule has 1 rings (SSSR count). The van der Waals surface area contributed by atoms with Gasteiger partial charge in [-0.1, -0.05) is 11.8 Å². The van der Waals surface area contributed by atoms with Gasteiger partial charge >= 0.3 is 11.9 Å². The first kappa shape index (κ1) is 11.0. The summed E-state index contributed by atoms with van der Waals surface area (Å²) in [5, 5.41) is 2.23. The van der Waals surface area contributed by atoms with E-state index in [0.29, 0.717) is 12.2 Å². The van der Waals surface area contributed by atoms with E-state index in [1.807, 2.05) is 0 Å². The van der Waals surface area contributed by atoms with E-state index in [0.717, 1.165) is 0 Å². The van der Waals surface area contributed by atoms with Gasteiger partial charge in [-0.3, -0.25) is 9.59 Å². The SMILES string of the molecule is CCOC(=O)C(=O)N[C@H]1CCSC1=O. The summed E-state index contributed by atoms with van der Waals surface area (Å²) in [7, 11) is 0. The molecule has 1 heterocycles. The smallest absolute Gasteiger partial charge is 0.396 e. The van der Waals surface area contributed by atoms with Crippen LogP contribution in [0.2, 0.25) is 0 Å². The number of nitrogens with one attached hydrogen (secondary N) is 1. The third kappa shape index (κ3) is 2.73. The predicted octanol–water partition coefficient (Wildman–Crippen LogP) is -0.302. The van der Waals surface area contributed by atoms with Crippen molar-refractivity contribution in [2.75, 3.05) is 12.4 Å². The number of carbonyl (C=O) groups excluding carboxylic acids is 3. The zero-order valence-corrected chi connectivity index (χ0v) is 8.56. The first-order valence-electron chi connectivity index (χ1n) is 4.29. The van der Waals surface area contributed by atoms with E-state index in [9.17, 15) is 14.4 Å². The van der Waals surface area contributed by atoms with Crippen molar-refractivity contribution in [3.8, 4) is 0 Å². The number of thioether (sulfide) groups is 1. The van der Waals surface area contributed by atoms with Crippen molar-refractivity contribution in [3.63, 3.8) is 0 Å². The highest BCUT2D eigenvalue weighted by Crippen LogP contribution is 2.19. The number of carbonyl (C=O) groups is 3. The Balaban J connectivity index is 2.40. The number of esters is 1. The Morgan fingerprint density at radius 3 is 2.86 bits per heavy atom. The van der Waals surface area contributed by atoms with Gasteiger partial charge in [-0.2, -0.15) is 0 Å². The molecule has 1 fully saturated rings. The third-order valence-electron chi connectivity index (χ3n) is 1.70. The molecular weight excluding hydrogens is 206 g/mol. The number of ether oxygens (including phenoxy) is 1. The Morgan fingerprint density at radius 1 is 1.64 bits per heavy atom. The molecule has 1 aliphatic rings. The van der Waals surface area contributed by atoms with Crippen LogP contribution < -0.4 is 5.32 Å². The molecule has 6 heteroatoms. The summed E-state index contributed by atoms with van der Waals surface area (Å²) in [6.45, 7) is 1.77. The average Bonchev–Trinajstić information content (AvgIpc) is 2.52. The Kier molecular flexibility index (Phi) is 3.94. The lowest BCUT2D eigenvalue weighted by Gasteiger charge is -2.08. The molecule has 1 amide bonds. The highest BCUT2D eigenvalue weighted by atomic mass is 32.2. The van der Waals surface area contributed by atoms with Gasteiger partial charge in [-0.15, -0.1) is 0 Å². The third-order valence-corrected chi connectivity index (χ3v) is 2.71. The maximum absolute atomic E-state index is 11.1. The summed E-state index contributed by atoms with van der Waals surface area (Å²) in [6, 6.07) is -0.531. The van der Waals surface area contributed by atoms with E-state index in [2.05, 4.69) is 10.1 Å². The quantitative estimate of drug-likeness (QED) is 0.507. The van der Waals surface area contributed by atoms with Crippen molar-refractivity contribution >= 4 is 28.8 Å². The molecule has 1 saturated heterocycles. The van der Waals surface area contributed by atoms with Crippen molar-refractivity contribution < 1.29 is 19.1 Å². The molecule has 1 aliphatic heterocycles. The van der Waals surface area contributed by atoms with Crippen LogP contribution in [-0.4, -0.2) is 35.4 Å². The van der Waals surface area contributed by atoms with E-state index < -0.39 is 17.9 Å². The molecule has 0 unspecified atom stereocenters. The minimum Gasteiger partial charge on any atom is -0.459 e. The first-order chi connectivity index (χ1) is 6.65. The molecule has 14 heavy (non-hydrogen) atoms. The molecule has 0 spiro atoms. The highest BCUT2D eigenvalue weighted by molar-refractivity contribution is 8.14. The summed E-state index contributed by atoms with van der Waals surface area (Å²) >= 11 is 1.17. The topological polar surface area (TPSA) is 72.5 Å². The molecular formula is C8H11NO4S. The van der Waals surface area contributed by atoms with Crippen molar-refractivity contribution in [2.24, 2.45) is 0 Å². The van der Waals surface area contributed by atoms with Crippen LogP contribution in [0.4, 0.5) is 0 Å². The molecule has 1 N–H and O–H groups in total. The lowest BCUT2D eigenvalue weighted by atomic mass is 10.2. The molecule has 0 saturated carbocycles. The van der Waals surface area contributed by atoms with Gasteiger partial charge in [0.2, 0.25) is 5.12 Å². The second-order valence-electron chi connectivity index (χ2n) is 2.70. The predicted molar refractivity (Wildman–Crippen MR) is 50.6 cm³/mol. The van der Waals surface area contributed by atoms with Crippen LogP contribution in [0.5, 0.6) is 0 Å². The van der Waals surface area contributed by atoms with Gasteiger partial charge < -0.3 is 10.1 Å². The molecule has 0 aromatic heterocycles. The summed E-state index contributed by atoms with van der Waals surface area (Å²) in [5.41, 5.74) is 0. The number of amides is 1. The van der Waals surface area contributed by atoms with Gasteiger partial charge in [-0.05, 0) is 13.3 Å². The Labute approximate surface area is 85.6 Å². The van der Waals surface area contributed by atoms with Crippen molar-refractivity contribution in [1.29, 1.82) is 0 Å². The fraction of sp³-hybridized carbons (Fsp3) is 0.625. The number of rotatable bonds is 2. The number of hydrogen-bond donors (Lipinski definition) is 1. The van der Waals surface area contributed by atoms with Gasteiger partial charge in [0.15, 0.2) is 0 Å². The van der Waals surface area contributed by atoms with Crippen molar-refractivity contribution in [3.05, 3.63) is 0 Å². The van der Waals surface area contributed by atoms with Crippen molar-refractivity contribution in [2.45, 2.75) is 19.4 Å². The van der Waals surface area contributed by atoms with Gasteiger partial charge in [0, 0.05) is 5.75 Å². The van der Waals surface area contributed by atoms with E-state index in [1.165, 1.54) is 11.8 Å². The average molecular weight is 217 g/mol. The summed E-state index contributed by atoms with van der Waals surface area (Å²) < 4.78 is 4.48. The maximum atomic E-state index is 11.1. The second kappa shape index (κ2) is 4.99. The van der Waals surface area contributed by atoms with E-state index in [4.69, 9.17) is 0 Å². The molecule has 78 valence electrons. The zero-order valence-electron chi connectivity index (χ0n) is 7.74. The van der Waals surface area contributed by atoms with E-state index in [-0.39, 0.29) is 11.7 Å². The molecule has 0 radical (unpaired) electrons. The Bertz CT molecular complexity index is 266. The highest BCUT2D eigenvalue weighted by Gasteiger charge is 2.29. The van der Waals surface area contributed by atoms with E-state index >= 15 is 0 Å². The van der Waals surface area contributed by atoms with Crippen LogP contribution in [0.25, 0.3) is 0 Å². The normalized spacial score (nSPS) is 20.6. The molecule has 0 aromatic carbocycles. The summed E-state index contributed by atoms with van der Waals surface area (Å²) in [6.07, 6.45) is 0.578. The Hall–Kier alpha value is -1.04. The zero-order chi connectivity index (χ0) is 10.6. The maximum Gasteiger partial charge on any atom is 0.396 e. The van der Waals surface area contributed by atoms with Crippen molar-refractivity contribution in [1.82, 2.24) is 5.32 Å². The fourth-order valence-corrected chi connectivity index (χ4v) is 1.97. The molecule has 5 nitrogen and oxygen atoms in total. The van der Waals surface area contributed by atoms with E-state index in [1.54, 1.807) is 6.92 Å². The number of hydrogen-bond acceptors (Lipinski definition) is 5. The molecule has 0 bridgehead atoms. The lowest BCUT2D eigenvalue weighted by molar-refractivity contribution is -0.155. The van der Waals surface area contributed by atoms with Gasteiger partial charge in [0.05, 0.1) is 12.6 Å². The standard InChI is InChI=1S/C8H11NO4S/c1-2-13-7(11)6(10)9-5-3-4-14-8(5)12/h5H,2-4H2,1H3,(H,9,10)/t5-/m0/s1. The summed E-state index contributed by atoms with van der Waals surface area (Å²) in [4.78, 5) is 33.1. The fourth-order valence-electron chi connectivity index (χ4n) is 1.04. The first-order valence-corrected chi connectivity index (χ1v) is 5.28. The minimum atomic E-state index is -0.933. The van der Waals surface area contributed by atoms with Crippen LogP contribution in [0.15, 0.2) is 0 Å². The lowest BCUT2D eigenvalue weighted by Crippen LogP contribution is -2.41. The minimum absolute atomic E-state index is 0.0948. The molecule has 0 aromatic rings. The van der Waals surface area contributed by atoms with Gasteiger partial charge in [-0.25, -0.2) is 4.79 Å². The second-order valence-corrected chi connectivity index (χ2v) is 3.80. The largest absolute Gasteiger partial charge is 0.459 e. The van der Waals surface area contributed by atoms with Gasteiger partial charge in [0.1, 0.15) is 0 Å². The van der Waals surface area contributed by atoms with Crippen LogP contribution in [0.1, 0.15) is 13.3 Å².